The Balaban J connectivity index is 1.64. The Morgan fingerprint density at radius 2 is 1.94 bits per heavy atom. The van der Waals surface area contributed by atoms with Crippen LogP contribution in [-0.2, 0) is 6.42 Å². The summed E-state index contributed by atoms with van der Waals surface area (Å²) in [6.45, 7) is 3.96. The van der Waals surface area contributed by atoms with Crippen molar-refractivity contribution in [2.24, 2.45) is 0 Å². The molecule has 0 amide bonds. The summed E-state index contributed by atoms with van der Waals surface area (Å²) in [5.41, 5.74) is 1.45. The molecule has 1 saturated heterocycles. The van der Waals surface area contributed by atoms with Gasteiger partial charge in [0, 0.05) is 4.47 Å². The highest BCUT2D eigenvalue weighted by molar-refractivity contribution is 9.10. The number of benzene rings is 1. The lowest BCUT2D eigenvalue weighted by Gasteiger charge is -2.13. The summed E-state index contributed by atoms with van der Waals surface area (Å²) >= 11 is 3.52. The second-order valence-electron chi connectivity index (χ2n) is 4.64. The summed E-state index contributed by atoms with van der Waals surface area (Å²) in [5, 5.41) is 0. The van der Waals surface area contributed by atoms with Gasteiger partial charge < -0.3 is 4.90 Å². The first-order valence-corrected chi connectivity index (χ1v) is 7.11. The molecule has 88 valence electrons. The lowest BCUT2D eigenvalue weighted by atomic mass is 10.1. The van der Waals surface area contributed by atoms with Gasteiger partial charge in [0.05, 0.1) is 0 Å². The highest BCUT2D eigenvalue weighted by Crippen LogP contribution is 2.14. The van der Waals surface area contributed by atoms with Crippen molar-refractivity contribution in [2.75, 3.05) is 19.6 Å². The molecule has 16 heavy (non-hydrogen) atoms. The molecule has 0 spiro atoms. The van der Waals surface area contributed by atoms with Crippen molar-refractivity contribution in [3.63, 3.8) is 0 Å². The number of hydrogen-bond acceptors (Lipinski definition) is 1. The summed E-state index contributed by atoms with van der Waals surface area (Å²) in [6.07, 6.45) is 6.68. The van der Waals surface area contributed by atoms with Crippen LogP contribution in [0.25, 0.3) is 0 Å². The van der Waals surface area contributed by atoms with E-state index in [4.69, 9.17) is 0 Å². The lowest BCUT2D eigenvalue weighted by Crippen LogP contribution is -2.20. The number of hydrogen-bond donors (Lipinski definition) is 0. The maximum absolute atomic E-state index is 3.52. The van der Waals surface area contributed by atoms with E-state index in [-0.39, 0.29) is 0 Å². The van der Waals surface area contributed by atoms with Crippen LogP contribution in [0, 0.1) is 0 Å². The number of rotatable bonds is 5. The lowest BCUT2D eigenvalue weighted by molar-refractivity contribution is 0.330. The first-order valence-electron chi connectivity index (χ1n) is 6.31. The molecule has 1 heterocycles. The molecule has 0 unspecified atom stereocenters. The molecule has 0 N–H and O–H groups in total. The molecular formula is C14H20BrN. The van der Waals surface area contributed by atoms with E-state index in [9.17, 15) is 0 Å². The maximum Gasteiger partial charge on any atom is 0.0177 e. The van der Waals surface area contributed by atoms with Crippen molar-refractivity contribution in [3.05, 3.63) is 34.3 Å². The number of unbranched alkanes of at least 4 members (excludes halogenated alkanes) is 1. The van der Waals surface area contributed by atoms with Crippen molar-refractivity contribution in [2.45, 2.75) is 32.1 Å². The Hall–Kier alpha value is -0.340. The van der Waals surface area contributed by atoms with Crippen molar-refractivity contribution in [3.8, 4) is 0 Å². The smallest absolute Gasteiger partial charge is 0.0177 e. The van der Waals surface area contributed by atoms with E-state index in [1.54, 1.807) is 0 Å². The van der Waals surface area contributed by atoms with E-state index in [1.165, 1.54) is 61.8 Å². The number of nitrogens with zero attached hydrogens (tertiary/aromatic N) is 1. The Morgan fingerprint density at radius 3 is 2.69 bits per heavy atom. The van der Waals surface area contributed by atoms with Crippen LogP contribution in [0.2, 0.25) is 0 Å². The van der Waals surface area contributed by atoms with Gasteiger partial charge >= 0.3 is 0 Å². The Morgan fingerprint density at radius 1 is 1.12 bits per heavy atom. The van der Waals surface area contributed by atoms with Gasteiger partial charge in [-0.25, -0.2) is 0 Å². The predicted octanol–water partition coefficient (Wildman–Crippen LogP) is 3.87. The van der Waals surface area contributed by atoms with Gasteiger partial charge in [-0.3, -0.25) is 0 Å². The zero-order valence-electron chi connectivity index (χ0n) is 9.79. The molecule has 1 aliphatic heterocycles. The normalized spacial score (nSPS) is 16.8. The Bertz CT molecular complexity index is 318. The quantitative estimate of drug-likeness (QED) is 0.741. The zero-order valence-corrected chi connectivity index (χ0v) is 11.4. The van der Waals surface area contributed by atoms with Crippen LogP contribution >= 0.6 is 15.9 Å². The predicted molar refractivity (Wildman–Crippen MR) is 72.8 cm³/mol. The molecule has 1 aromatic rings. The molecule has 0 radical (unpaired) electrons. The van der Waals surface area contributed by atoms with Gasteiger partial charge in [-0.15, -0.1) is 0 Å². The van der Waals surface area contributed by atoms with Gasteiger partial charge in [0.2, 0.25) is 0 Å². The van der Waals surface area contributed by atoms with Gasteiger partial charge in [-0.2, -0.15) is 0 Å². The molecule has 2 heteroatoms. The molecular weight excluding hydrogens is 262 g/mol. The third kappa shape index (κ3) is 3.91. The van der Waals surface area contributed by atoms with Crippen LogP contribution in [0.3, 0.4) is 0 Å². The molecule has 1 nitrogen and oxygen atoms in total. The molecule has 1 aliphatic rings. The summed E-state index contributed by atoms with van der Waals surface area (Å²) in [7, 11) is 0. The fourth-order valence-corrected chi connectivity index (χ4v) is 2.81. The van der Waals surface area contributed by atoms with Crippen LogP contribution in [-0.4, -0.2) is 24.5 Å². The molecule has 0 bridgehead atoms. The second-order valence-corrected chi connectivity index (χ2v) is 5.55. The van der Waals surface area contributed by atoms with E-state index in [0.29, 0.717) is 0 Å². The summed E-state index contributed by atoms with van der Waals surface area (Å²) in [4.78, 5) is 2.60. The fourth-order valence-electron chi connectivity index (χ4n) is 2.36. The summed E-state index contributed by atoms with van der Waals surface area (Å²) < 4.78 is 1.20. The summed E-state index contributed by atoms with van der Waals surface area (Å²) in [5.74, 6) is 0. The van der Waals surface area contributed by atoms with E-state index in [2.05, 4.69) is 45.1 Å². The molecule has 0 saturated carbocycles. The van der Waals surface area contributed by atoms with E-state index in [0.717, 1.165) is 0 Å². The highest BCUT2D eigenvalue weighted by atomic mass is 79.9. The van der Waals surface area contributed by atoms with E-state index < -0.39 is 0 Å². The van der Waals surface area contributed by atoms with E-state index in [1.807, 2.05) is 0 Å². The number of aryl methyl sites for hydroxylation is 1. The van der Waals surface area contributed by atoms with Crippen molar-refractivity contribution in [1.82, 2.24) is 4.90 Å². The minimum absolute atomic E-state index is 1.20. The van der Waals surface area contributed by atoms with Crippen molar-refractivity contribution >= 4 is 15.9 Å². The van der Waals surface area contributed by atoms with Gasteiger partial charge in [-0.05, 0) is 69.4 Å². The van der Waals surface area contributed by atoms with Crippen LogP contribution < -0.4 is 0 Å². The van der Waals surface area contributed by atoms with Crippen LogP contribution in [0.4, 0.5) is 0 Å². The standard InChI is InChI=1S/C14H20BrN/c15-14-8-5-7-13(12-14)6-1-2-9-16-10-3-4-11-16/h5,7-8,12H,1-4,6,9-11H2. The minimum atomic E-state index is 1.20. The zero-order chi connectivity index (χ0) is 11.2. The molecule has 0 aliphatic carbocycles. The first kappa shape index (κ1) is 12.1. The monoisotopic (exact) mass is 281 g/mol. The summed E-state index contributed by atoms with van der Waals surface area (Å²) in [6, 6.07) is 8.67. The van der Waals surface area contributed by atoms with Gasteiger partial charge in [-0.1, -0.05) is 28.1 Å². The third-order valence-electron chi connectivity index (χ3n) is 3.28. The topological polar surface area (TPSA) is 3.24 Å². The molecule has 0 atom stereocenters. The average Bonchev–Trinajstić information content (AvgIpc) is 2.77. The van der Waals surface area contributed by atoms with Crippen LogP contribution in [0.1, 0.15) is 31.2 Å². The number of halogens is 1. The van der Waals surface area contributed by atoms with Gasteiger partial charge in [0.25, 0.3) is 0 Å². The maximum atomic E-state index is 3.52. The van der Waals surface area contributed by atoms with Crippen molar-refractivity contribution in [1.29, 1.82) is 0 Å². The average molecular weight is 282 g/mol. The van der Waals surface area contributed by atoms with Gasteiger partial charge in [0.1, 0.15) is 0 Å². The van der Waals surface area contributed by atoms with Gasteiger partial charge in [0.15, 0.2) is 0 Å². The van der Waals surface area contributed by atoms with Crippen molar-refractivity contribution < 1.29 is 0 Å². The first-order chi connectivity index (χ1) is 7.84. The highest BCUT2D eigenvalue weighted by Gasteiger charge is 2.09. The molecule has 1 aromatic carbocycles. The Labute approximate surface area is 107 Å². The Kier molecular flexibility index (Phi) is 4.86. The third-order valence-corrected chi connectivity index (χ3v) is 3.77. The molecule has 1 fully saturated rings. The SMILES string of the molecule is Brc1cccc(CCCCN2CCCC2)c1. The number of likely N-dealkylation sites (tertiary alicyclic amines) is 1. The van der Waals surface area contributed by atoms with E-state index >= 15 is 0 Å². The largest absolute Gasteiger partial charge is 0.303 e. The molecule has 0 aromatic heterocycles. The van der Waals surface area contributed by atoms with Crippen LogP contribution in [0.15, 0.2) is 28.7 Å². The molecule has 2 rings (SSSR count). The minimum Gasteiger partial charge on any atom is -0.303 e. The van der Waals surface area contributed by atoms with Crippen LogP contribution in [0.5, 0.6) is 0 Å². The second kappa shape index (κ2) is 6.41. The fraction of sp³-hybridized carbons (Fsp3) is 0.571.